The molecule has 0 saturated carbocycles. The molecule has 6 heteroatoms. The maximum absolute atomic E-state index is 12.6. The highest BCUT2D eigenvalue weighted by atomic mass is 32.1. The Labute approximate surface area is 131 Å². The fourth-order valence-corrected chi connectivity index (χ4v) is 3.57. The largest absolute Gasteiger partial charge is 0.341 e. The van der Waals surface area contributed by atoms with Crippen LogP contribution in [0.25, 0.3) is 0 Å². The molecule has 0 radical (unpaired) electrons. The van der Waals surface area contributed by atoms with E-state index in [0.29, 0.717) is 0 Å². The lowest BCUT2D eigenvalue weighted by molar-refractivity contribution is -0.132. The Morgan fingerprint density at radius 2 is 2.05 bits per heavy atom. The van der Waals surface area contributed by atoms with Crippen molar-refractivity contribution in [1.82, 2.24) is 14.3 Å². The molecule has 1 saturated heterocycles. The molecule has 2 rings (SSSR count). The average molecular weight is 310 g/mol. The van der Waals surface area contributed by atoms with Crippen molar-refractivity contribution in [2.75, 3.05) is 24.5 Å². The first-order valence-corrected chi connectivity index (χ1v) is 8.55. The summed E-state index contributed by atoms with van der Waals surface area (Å²) >= 11 is 1.42. The third kappa shape index (κ3) is 3.36. The van der Waals surface area contributed by atoms with Crippen molar-refractivity contribution in [2.24, 2.45) is 0 Å². The Hall–Kier alpha value is -1.17. The zero-order chi connectivity index (χ0) is 15.6. The summed E-state index contributed by atoms with van der Waals surface area (Å²) in [6.07, 6.45) is 1.96. The third-order valence-corrected chi connectivity index (χ3v) is 4.70. The van der Waals surface area contributed by atoms with Gasteiger partial charge in [-0.25, -0.2) is 4.98 Å². The smallest absolute Gasteiger partial charge is 0.245 e. The second kappa shape index (κ2) is 6.30. The number of aromatic nitrogens is 2. The van der Waals surface area contributed by atoms with Gasteiger partial charge in [-0.3, -0.25) is 4.79 Å². The molecule has 1 atom stereocenters. The Morgan fingerprint density at radius 1 is 1.38 bits per heavy atom. The molecule has 1 aromatic heterocycles. The summed E-state index contributed by atoms with van der Waals surface area (Å²) in [6, 6.07) is -0.0642. The summed E-state index contributed by atoms with van der Waals surface area (Å²) in [6.45, 7) is 12.8. The van der Waals surface area contributed by atoms with Gasteiger partial charge in [-0.2, -0.15) is 4.37 Å². The van der Waals surface area contributed by atoms with Crippen molar-refractivity contribution >= 4 is 22.6 Å². The molecule has 0 N–H and O–H groups in total. The summed E-state index contributed by atoms with van der Waals surface area (Å²) in [4.78, 5) is 21.4. The van der Waals surface area contributed by atoms with Crippen molar-refractivity contribution in [3.05, 3.63) is 5.82 Å². The van der Waals surface area contributed by atoms with Crippen LogP contribution in [-0.2, 0) is 10.2 Å². The van der Waals surface area contributed by atoms with E-state index in [1.807, 2.05) is 18.7 Å². The van der Waals surface area contributed by atoms with Crippen molar-refractivity contribution in [2.45, 2.75) is 58.9 Å². The predicted octanol–water partition coefficient (Wildman–Crippen LogP) is 2.67. The SMILES string of the molecule is CCN(CC)C(=O)C1CCCN1c1nc(C(C)(C)C)ns1. The van der Waals surface area contributed by atoms with E-state index in [4.69, 9.17) is 0 Å². The number of hydrogen-bond donors (Lipinski definition) is 0. The number of nitrogens with zero attached hydrogens (tertiary/aromatic N) is 4. The van der Waals surface area contributed by atoms with Gasteiger partial charge in [-0.1, -0.05) is 20.8 Å². The quantitative estimate of drug-likeness (QED) is 0.858. The highest BCUT2D eigenvalue weighted by Gasteiger charge is 2.35. The van der Waals surface area contributed by atoms with Crippen LogP contribution in [-0.4, -0.2) is 45.8 Å². The molecule has 5 nitrogen and oxygen atoms in total. The van der Waals surface area contributed by atoms with Gasteiger partial charge in [-0.05, 0) is 26.7 Å². The van der Waals surface area contributed by atoms with Crippen LogP contribution in [0.5, 0.6) is 0 Å². The first kappa shape index (κ1) is 16.2. The highest BCUT2D eigenvalue weighted by molar-refractivity contribution is 7.09. The number of carbonyl (C=O) groups excluding carboxylic acids is 1. The molecular weight excluding hydrogens is 284 g/mol. The van der Waals surface area contributed by atoms with Crippen LogP contribution >= 0.6 is 11.5 Å². The molecule has 1 aliphatic rings. The normalized spacial score (nSPS) is 19.1. The Balaban J connectivity index is 2.19. The van der Waals surface area contributed by atoms with E-state index in [1.165, 1.54) is 11.5 Å². The van der Waals surface area contributed by atoms with Crippen LogP contribution in [0, 0.1) is 0 Å². The molecule has 0 aromatic carbocycles. The molecule has 1 amide bonds. The molecule has 2 heterocycles. The van der Waals surface area contributed by atoms with Gasteiger partial charge in [0.1, 0.15) is 11.9 Å². The first-order chi connectivity index (χ1) is 9.88. The number of amides is 1. The number of rotatable bonds is 4. The molecule has 1 aliphatic heterocycles. The minimum absolute atomic E-state index is 0.0488. The molecule has 1 aromatic rings. The Morgan fingerprint density at radius 3 is 2.57 bits per heavy atom. The van der Waals surface area contributed by atoms with Crippen LogP contribution in [0.15, 0.2) is 0 Å². The van der Waals surface area contributed by atoms with E-state index in [2.05, 4.69) is 35.0 Å². The number of anilines is 1. The van der Waals surface area contributed by atoms with Gasteiger partial charge in [0.05, 0.1) is 0 Å². The van der Waals surface area contributed by atoms with Crippen LogP contribution in [0.1, 0.15) is 53.3 Å². The lowest BCUT2D eigenvalue weighted by Crippen LogP contribution is -2.45. The highest BCUT2D eigenvalue weighted by Crippen LogP contribution is 2.31. The van der Waals surface area contributed by atoms with E-state index in [0.717, 1.165) is 43.4 Å². The second-order valence-corrected chi connectivity index (χ2v) is 7.24. The van der Waals surface area contributed by atoms with E-state index in [-0.39, 0.29) is 17.4 Å². The fraction of sp³-hybridized carbons (Fsp3) is 0.800. The van der Waals surface area contributed by atoms with Gasteiger partial charge in [-0.15, -0.1) is 0 Å². The average Bonchev–Trinajstić information content (AvgIpc) is 3.07. The summed E-state index contributed by atoms with van der Waals surface area (Å²) in [5.41, 5.74) is -0.0488. The molecule has 1 unspecified atom stereocenters. The standard InChI is InChI=1S/C15H26N4OS/c1-6-18(7-2)12(20)11-9-8-10-19(11)14-16-13(17-21-14)15(3,4)5/h11H,6-10H2,1-5H3. The Bertz CT molecular complexity index is 490. The monoisotopic (exact) mass is 310 g/mol. The topological polar surface area (TPSA) is 49.3 Å². The first-order valence-electron chi connectivity index (χ1n) is 7.78. The predicted molar refractivity (Wildman–Crippen MR) is 86.9 cm³/mol. The molecule has 0 spiro atoms. The molecule has 0 aliphatic carbocycles. The van der Waals surface area contributed by atoms with Crippen LogP contribution in [0.2, 0.25) is 0 Å². The second-order valence-electron chi connectivity index (χ2n) is 6.51. The van der Waals surface area contributed by atoms with Gasteiger partial charge in [0.15, 0.2) is 0 Å². The van der Waals surface area contributed by atoms with Gasteiger partial charge < -0.3 is 9.80 Å². The van der Waals surface area contributed by atoms with Crippen LogP contribution < -0.4 is 4.90 Å². The fourth-order valence-electron chi connectivity index (χ4n) is 2.64. The van der Waals surface area contributed by atoms with Crippen LogP contribution in [0.3, 0.4) is 0 Å². The van der Waals surface area contributed by atoms with Gasteiger partial charge >= 0.3 is 0 Å². The van der Waals surface area contributed by atoms with Crippen molar-refractivity contribution in [1.29, 1.82) is 0 Å². The van der Waals surface area contributed by atoms with Gasteiger partial charge in [0, 0.05) is 36.6 Å². The maximum Gasteiger partial charge on any atom is 0.245 e. The van der Waals surface area contributed by atoms with Crippen molar-refractivity contribution in [3.8, 4) is 0 Å². The van der Waals surface area contributed by atoms with E-state index < -0.39 is 0 Å². The molecule has 118 valence electrons. The zero-order valence-electron chi connectivity index (χ0n) is 13.7. The number of carbonyl (C=O) groups is 1. The lowest BCUT2D eigenvalue weighted by atomic mass is 9.96. The molecule has 21 heavy (non-hydrogen) atoms. The van der Waals surface area contributed by atoms with Gasteiger partial charge in [0.2, 0.25) is 11.0 Å². The maximum atomic E-state index is 12.6. The van der Waals surface area contributed by atoms with Gasteiger partial charge in [0.25, 0.3) is 0 Å². The van der Waals surface area contributed by atoms with E-state index in [1.54, 1.807) is 0 Å². The Kier molecular flexibility index (Phi) is 4.86. The van der Waals surface area contributed by atoms with E-state index in [9.17, 15) is 4.79 Å². The summed E-state index contributed by atoms with van der Waals surface area (Å²) < 4.78 is 4.47. The lowest BCUT2D eigenvalue weighted by Gasteiger charge is -2.28. The van der Waals surface area contributed by atoms with Crippen LogP contribution in [0.4, 0.5) is 5.13 Å². The molecular formula is C15H26N4OS. The molecule has 0 bridgehead atoms. The van der Waals surface area contributed by atoms with Crippen molar-refractivity contribution in [3.63, 3.8) is 0 Å². The third-order valence-electron chi connectivity index (χ3n) is 3.94. The molecule has 1 fully saturated rings. The van der Waals surface area contributed by atoms with E-state index >= 15 is 0 Å². The minimum Gasteiger partial charge on any atom is -0.341 e. The van der Waals surface area contributed by atoms with Crippen molar-refractivity contribution < 1.29 is 4.79 Å². The summed E-state index contributed by atoms with van der Waals surface area (Å²) in [7, 11) is 0. The summed E-state index contributed by atoms with van der Waals surface area (Å²) in [5.74, 6) is 1.09. The number of likely N-dealkylation sites (N-methyl/N-ethyl adjacent to an activating group) is 1. The summed E-state index contributed by atoms with van der Waals surface area (Å²) in [5, 5.41) is 0.892. The number of hydrogen-bond acceptors (Lipinski definition) is 5. The minimum atomic E-state index is -0.0642. The zero-order valence-corrected chi connectivity index (χ0v) is 14.5.